The molecule has 1 N–H and O–H groups in total. The number of nitrogens with zero attached hydrogens (tertiary/aromatic N) is 1. The van der Waals surface area contributed by atoms with Gasteiger partial charge < -0.3 is 4.90 Å². The fourth-order valence-corrected chi connectivity index (χ4v) is 5.16. The number of sulfonamides is 1. The first-order valence-corrected chi connectivity index (χ1v) is 12.5. The van der Waals surface area contributed by atoms with Gasteiger partial charge in [0.2, 0.25) is 10.0 Å². The lowest BCUT2D eigenvalue weighted by molar-refractivity contribution is 0.272. The van der Waals surface area contributed by atoms with Gasteiger partial charge in [-0.15, -0.1) is 12.4 Å². The summed E-state index contributed by atoms with van der Waals surface area (Å²) in [7, 11) is -3.54. The van der Waals surface area contributed by atoms with E-state index in [1.54, 1.807) is 12.1 Å². The Morgan fingerprint density at radius 3 is 2.09 bits per heavy atom. The summed E-state index contributed by atoms with van der Waals surface area (Å²) < 4.78 is 27.8. The maximum absolute atomic E-state index is 12.6. The van der Waals surface area contributed by atoms with Crippen LogP contribution in [0.4, 0.5) is 0 Å². The summed E-state index contributed by atoms with van der Waals surface area (Å²) in [5, 5.41) is 0. The van der Waals surface area contributed by atoms with Gasteiger partial charge >= 0.3 is 0 Å². The Kier molecular flexibility index (Phi) is 8.49. The second-order valence-corrected chi connectivity index (χ2v) is 10.1. The molecule has 6 heteroatoms. The molecule has 1 atom stereocenters. The van der Waals surface area contributed by atoms with Crippen molar-refractivity contribution in [1.82, 2.24) is 9.62 Å². The van der Waals surface area contributed by atoms with Gasteiger partial charge in [0.15, 0.2) is 0 Å². The minimum absolute atomic E-state index is 0. The zero-order valence-electron chi connectivity index (χ0n) is 18.4. The predicted octanol–water partition coefficient (Wildman–Crippen LogP) is 5.28. The molecule has 1 fully saturated rings. The van der Waals surface area contributed by atoms with Crippen LogP contribution in [0.15, 0.2) is 83.8 Å². The maximum atomic E-state index is 12.6. The first kappa shape index (κ1) is 24.5. The van der Waals surface area contributed by atoms with E-state index in [-0.39, 0.29) is 23.8 Å². The van der Waals surface area contributed by atoms with Gasteiger partial charge in [0.25, 0.3) is 0 Å². The third-order valence-electron chi connectivity index (χ3n) is 6.14. The molecule has 1 aliphatic rings. The number of rotatable bonds is 8. The summed E-state index contributed by atoms with van der Waals surface area (Å²) in [5.41, 5.74) is 4.38. The first-order valence-electron chi connectivity index (χ1n) is 11.0. The molecule has 0 aromatic heterocycles. The third-order valence-corrected chi connectivity index (χ3v) is 7.56. The summed E-state index contributed by atoms with van der Waals surface area (Å²) in [6.07, 6.45) is 3.69. The summed E-state index contributed by atoms with van der Waals surface area (Å²) in [5.74, 6) is 0. The van der Waals surface area contributed by atoms with Crippen molar-refractivity contribution in [2.45, 2.75) is 43.7 Å². The van der Waals surface area contributed by atoms with E-state index in [9.17, 15) is 8.42 Å². The van der Waals surface area contributed by atoms with Crippen molar-refractivity contribution in [2.75, 3.05) is 13.1 Å². The molecule has 0 spiro atoms. The van der Waals surface area contributed by atoms with E-state index in [1.165, 1.54) is 24.9 Å². The molecule has 0 amide bonds. The number of hydrogen-bond acceptors (Lipinski definition) is 3. The SMILES string of the molecule is C[C@@H]1CCCN1CCc1ccc(-c2ccc(S(=O)(=O)NCc3ccccc3)cc2)cc1.Cl. The van der Waals surface area contributed by atoms with E-state index >= 15 is 0 Å². The summed E-state index contributed by atoms with van der Waals surface area (Å²) >= 11 is 0. The van der Waals surface area contributed by atoms with Crippen LogP contribution in [-0.2, 0) is 23.0 Å². The van der Waals surface area contributed by atoms with Gasteiger partial charge in [0.05, 0.1) is 4.90 Å². The zero-order chi connectivity index (χ0) is 21.7. The molecule has 3 aromatic rings. The molecule has 0 radical (unpaired) electrons. The molecule has 0 unspecified atom stereocenters. The van der Waals surface area contributed by atoms with Crippen molar-refractivity contribution in [3.05, 3.63) is 90.0 Å². The van der Waals surface area contributed by atoms with E-state index < -0.39 is 10.0 Å². The second-order valence-electron chi connectivity index (χ2n) is 8.31. The van der Waals surface area contributed by atoms with Crippen LogP contribution in [-0.4, -0.2) is 32.4 Å². The highest BCUT2D eigenvalue weighted by Gasteiger charge is 2.19. The number of hydrogen-bond donors (Lipinski definition) is 1. The minimum atomic E-state index is -3.54. The molecule has 1 aliphatic heterocycles. The third kappa shape index (κ3) is 6.20. The van der Waals surface area contributed by atoms with Crippen molar-refractivity contribution in [3.8, 4) is 11.1 Å². The Balaban J connectivity index is 0.00000289. The highest BCUT2D eigenvalue weighted by Crippen LogP contribution is 2.23. The Hall–Kier alpha value is -2.18. The normalized spacial score (nSPS) is 16.6. The number of nitrogens with one attached hydrogen (secondary N) is 1. The van der Waals surface area contributed by atoms with Crippen LogP contribution in [0.5, 0.6) is 0 Å². The lowest BCUT2D eigenvalue weighted by Gasteiger charge is -2.20. The quantitative estimate of drug-likeness (QED) is 0.487. The van der Waals surface area contributed by atoms with Crippen LogP contribution in [0.1, 0.15) is 30.9 Å². The van der Waals surface area contributed by atoms with Crippen LogP contribution in [0.25, 0.3) is 11.1 Å². The van der Waals surface area contributed by atoms with Crippen molar-refractivity contribution in [1.29, 1.82) is 0 Å². The summed E-state index contributed by atoms with van der Waals surface area (Å²) in [4.78, 5) is 2.85. The van der Waals surface area contributed by atoms with Gasteiger partial charge in [-0.25, -0.2) is 13.1 Å². The van der Waals surface area contributed by atoms with Crippen LogP contribution >= 0.6 is 12.4 Å². The average molecular weight is 471 g/mol. The van der Waals surface area contributed by atoms with E-state index in [0.29, 0.717) is 6.04 Å². The molecule has 0 aliphatic carbocycles. The molecule has 0 bridgehead atoms. The zero-order valence-corrected chi connectivity index (χ0v) is 20.0. The Morgan fingerprint density at radius 2 is 1.50 bits per heavy atom. The van der Waals surface area contributed by atoms with Crippen LogP contribution < -0.4 is 4.72 Å². The topological polar surface area (TPSA) is 49.4 Å². The van der Waals surface area contributed by atoms with Gasteiger partial charge in [-0.3, -0.25) is 0 Å². The van der Waals surface area contributed by atoms with Crippen molar-refractivity contribution < 1.29 is 8.42 Å². The smallest absolute Gasteiger partial charge is 0.240 e. The monoisotopic (exact) mass is 470 g/mol. The molecule has 32 heavy (non-hydrogen) atoms. The summed E-state index contributed by atoms with van der Waals surface area (Å²) in [6.45, 7) is 4.93. The average Bonchev–Trinajstić information content (AvgIpc) is 3.22. The maximum Gasteiger partial charge on any atom is 0.240 e. The number of likely N-dealkylation sites (tertiary alicyclic amines) is 1. The first-order chi connectivity index (χ1) is 15.0. The fourth-order valence-electron chi connectivity index (χ4n) is 4.15. The number of benzene rings is 3. The second kappa shape index (κ2) is 11.1. The lowest BCUT2D eigenvalue weighted by atomic mass is 10.0. The van der Waals surface area contributed by atoms with E-state index in [0.717, 1.165) is 29.7 Å². The standard InChI is InChI=1S/C26H30N2O2S.ClH/c1-21-6-5-18-28(21)19-17-22-9-11-24(12-10-22)25-13-15-26(16-14-25)31(29,30)27-20-23-7-3-2-4-8-23;/h2-4,7-16,21,27H,5-6,17-20H2,1H3;1H/t21-;/m1./s1. The van der Waals surface area contributed by atoms with E-state index in [1.807, 2.05) is 42.5 Å². The lowest BCUT2D eigenvalue weighted by Crippen LogP contribution is -2.28. The van der Waals surface area contributed by atoms with Gasteiger partial charge in [-0.05, 0) is 67.1 Å². The van der Waals surface area contributed by atoms with Crippen LogP contribution in [0.3, 0.4) is 0 Å². The highest BCUT2D eigenvalue weighted by molar-refractivity contribution is 7.89. The van der Waals surface area contributed by atoms with E-state index in [2.05, 4.69) is 40.8 Å². The van der Waals surface area contributed by atoms with Crippen molar-refractivity contribution >= 4 is 22.4 Å². The van der Waals surface area contributed by atoms with Gasteiger partial charge in [0, 0.05) is 19.1 Å². The molecule has 1 saturated heterocycles. The molecular formula is C26H31ClN2O2S. The Labute approximate surface area is 198 Å². The molecule has 3 aromatic carbocycles. The molecule has 170 valence electrons. The molecule has 4 rings (SSSR count). The Bertz CT molecular complexity index is 1080. The largest absolute Gasteiger partial charge is 0.300 e. The Morgan fingerprint density at radius 1 is 0.875 bits per heavy atom. The minimum Gasteiger partial charge on any atom is -0.300 e. The molecule has 1 heterocycles. The van der Waals surface area contributed by atoms with Gasteiger partial charge in [0.1, 0.15) is 0 Å². The van der Waals surface area contributed by atoms with Crippen molar-refractivity contribution in [2.24, 2.45) is 0 Å². The summed E-state index contributed by atoms with van der Waals surface area (Å²) in [6, 6.07) is 25.9. The van der Waals surface area contributed by atoms with Crippen LogP contribution in [0, 0.1) is 0 Å². The van der Waals surface area contributed by atoms with Crippen molar-refractivity contribution in [3.63, 3.8) is 0 Å². The fraction of sp³-hybridized carbons (Fsp3) is 0.308. The van der Waals surface area contributed by atoms with Crippen LogP contribution in [0.2, 0.25) is 0 Å². The highest BCUT2D eigenvalue weighted by atomic mass is 35.5. The number of halogens is 1. The molecular weight excluding hydrogens is 440 g/mol. The van der Waals surface area contributed by atoms with Gasteiger partial charge in [-0.2, -0.15) is 0 Å². The predicted molar refractivity (Wildman–Crippen MR) is 134 cm³/mol. The molecule has 4 nitrogen and oxygen atoms in total. The molecule has 0 saturated carbocycles. The van der Waals surface area contributed by atoms with E-state index in [4.69, 9.17) is 0 Å². The van der Waals surface area contributed by atoms with Gasteiger partial charge in [-0.1, -0.05) is 66.7 Å².